The van der Waals surface area contributed by atoms with Crippen LogP contribution in [0.2, 0.25) is 5.02 Å². The topological polar surface area (TPSA) is 86.8 Å². The second-order valence-electron chi connectivity index (χ2n) is 9.81. The van der Waals surface area contributed by atoms with Crippen LogP contribution in [0.1, 0.15) is 31.9 Å². The first-order chi connectivity index (χ1) is 19.2. The van der Waals surface area contributed by atoms with Crippen molar-refractivity contribution in [2.45, 2.75) is 44.4 Å². The van der Waals surface area contributed by atoms with Gasteiger partial charge in [0.1, 0.15) is 12.6 Å². The van der Waals surface area contributed by atoms with Crippen molar-refractivity contribution in [3.8, 4) is 0 Å². The largest absolute Gasteiger partial charge is 0.417 e. The molecule has 0 spiro atoms. The van der Waals surface area contributed by atoms with Crippen LogP contribution < -0.4 is 9.62 Å². The van der Waals surface area contributed by atoms with Crippen LogP contribution in [0.4, 0.5) is 18.9 Å². The van der Waals surface area contributed by atoms with E-state index >= 15 is 0 Å². The fraction of sp³-hybridized carbons (Fsp3) is 0.310. The summed E-state index contributed by atoms with van der Waals surface area (Å²) in [7, 11) is -4.52. The minimum absolute atomic E-state index is 0.0381. The zero-order chi connectivity index (χ0) is 30.4. The van der Waals surface area contributed by atoms with E-state index in [4.69, 9.17) is 11.6 Å². The van der Waals surface area contributed by atoms with Crippen LogP contribution in [0.3, 0.4) is 0 Å². The molecule has 1 N–H and O–H groups in total. The van der Waals surface area contributed by atoms with Gasteiger partial charge in [-0.25, -0.2) is 8.42 Å². The van der Waals surface area contributed by atoms with E-state index in [1.54, 1.807) is 36.4 Å². The monoisotopic (exact) mass is 609 g/mol. The summed E-state index contributed by atoms with van der Waals surface area (Å²) in [6.07, 6.45) is -4.87. The summed E-state index contributed by atoms with van der Waals surface area (Å²) in [6.45, 7) is 4.78. The van der Waals surface area contributed by atoms with E-state index in [0.29, 0.717) is 22.5 Å². The molecule has 0 aromatic heterocycles. The number of hydrogen-bond donors (Lipinski definition) is 1. The number of alkyl halides is 3. The zero-order valence-electron chi connectivity index (χ0n) is 22.7. The van der Waals surface area contributed by atoms with Crippen LogP contribution >= 0.6 is 11.6 Å². The van der Waals surface area contributed by atoms with E-state index in [0.717, 1.165) is 12.1 Å². The van der Waals surface area contributed by atoms with Crippen molar-refractivity contribution in [3.63, 3.8) is 0 Å². The van der Waals surface area contributed by atoms with Crippen molar-refractivity contribution >= 4 is 39.1 Å². The fourth-order valence-corrected chi connectivity index (χ4v) is 5.60. The number of hydrogen-bond acceptors (Lipinski definition) is 4. The van der Waals surface area contributed by atoms with Gasteiger partial charge >= 0.3 is 6.18 Å². The molecule has 0 aliphatic heterocycles. The van der Waals surface area contributed by atoms with Gasteiger partial charge in [0.25, 0.3) is 10.0 Å². The Kier molecular flexibility index (Phi) is 10.4. The Hall–Kier alpha value is -3.57. The molecule has 0 fully saturated rings. The second kappa shape index (κ2) is 13.4. The number of carbonyl (C=O) groups excluding carboxylic acids is 2. The Morgan fingerprint density at radius 2 is 1.51 bits per heavy atom. The van der Waals surface area contributed by atoms with Crippen molar-refractivity contribution in [1.82, 2.24) is 10.2 Å². The van der Waals surface area contributed by atoms with Gasteiger partial charge in [0, 0.05) is 13.1 Å². The summed E-state index contributed by atoms with van der Waals surface area (Å²) in [4.78, 5) is 27.8. The summed E-state index contributed by atoms with van der Waals surface area (Å²) in [6, 6.07) is 17.4. The predicted molar refractivity (Wildman–Crippen MR) is 152 cm³/mol. The van der Waals surface area contributed by atoms with Crippen molar-refractivity contribution < 1.29 is 31.2 Å². The first-order valence-corrected chi connectivity index (χ1v) is 14.6. The van der Waals surface area contributed by atoms with Gasteiger partial charge in [-0.2, -0.15) is 13.2 Å². The number of halogens is 4. The van der Waals surface area contributed by atoms with Gasteiger partial charge in [0.2, 0.25) is 11.8 Å². The molecule has 0 unspecified atom stereocenters. The number of sulfonamides is 1. The Bertz CT molecular complexity index is 1450. The Balaban J connectivity index is 2.08. The van der Waals surface area contributed by atoms with Crippen molar-refractivity contribution in [2.24, 2.45) is 5.92 Å². The Morgan fingerprint density at radius 3 is 2.07 bits per heavy atom. The molecule has 0 saturated heterocycles. The maximum absolute atomic E-state index is 13.8. The third-order valence-electron chi connectivity index (χ3n) is 6.20. The molecule has 3 aromatic rings. The molecule has 0 bridgehead atoms. The van der Waals surface area contributed by atoms with Gasteiger partial charge in [-0.05, 0) is 48.7 Å². The van der Waals surface area contributed by atoms with Crippen LogP contribution in [0.15, 0.2) is 83.8 Å². The van der Waals surface area contributed by atoms with E-state index in [9.17, 15) is 31.2 Å². The van der Waals surface area contributed by atoms with E-state index < -0.39 is 56.9 Å². The third kappa shape index (κ3) is 8.23. The number of nitrogens with one attached hydrogen (secondary N) is 1. The molecule has 12 heteroatoms. The second-order valence-corrected chi connectivity index (χ2v) is 12.1. The minimum atomic E-state index is -4.87. The lowest BCUT2D eigenvalue weighted by Gasteiger charge is -2.32. The van der Waals surface area contributed by atoms with Crippen LogP contribution in [-0.2, 0) is 32.3 Å². The Morgan fingerprint density at radius 1 is 0.927 bits per heavy atom. The molecule has 0 aliphatic rings. The molecule has 0 heterocycles. The summed E-state index contributed by atoms with van der Waals surface area (Å²) in [5.74, 6) is -1.10. The number of amides is 2. The van der Waals surface area contributed by atoms with E-state index in [1.165, 1.54) is 36.1 Å². The van der Waals surface area contributed by atoms with E-state index in [2.05, 4.69) is 5.32 Å². The highest BCUT2D eigenvalue weighted by atomic mass is 35.5. The molecule has 3 aromatic carbocycles. The zero-order valence-corrected chi connectivity index (χ0v) is 24.3. The number of rotatable bonds is 11. The van der Waals surface area contributed by atoms with Gasteiger partial charge in [-0.3, -0.25) is 13.9 Å². The molecule has 220 valence electrons. The molecule has 3 rings (SSSR count). The lowest BCUT2D eigenvalue weighted by molar-refractivity contribution is -0.139. The number of carbonyl (C=O) groups is 2. The quantitative estimate of drug-likeness (QED) is 0.300. The number of benzene rings is 3. The SMILES string of the molecule is CC(C)CNC(=O)[C@H](C)N(Cc1ccccc1)C(=O)CN(c1ccc(Cl)c(C(F)(F)F)c1)S(=O)(=O)c1ccccc1. The average Bonchev–Trinajstić information content (AvgIpc) is 2.93. The molecule has 41 heavy (non-hydrogen) atoms. The normalized spacial score (nSPS) is 12.6. The molecule has 2 amide bonds. The Labute approximate surface area is 243 Å². The van der Waals surface area contributed by atoms with Gasteiger partial charge in [-0.15, -0.1) is 0 Å². The van der Waals surface area contributed by atoms with Gasteiger partial charge in [0.05, 0.1) is 21.2 Å². The standard InChI is InChI=1S/C29H31ClF3N3O4S/c1-20(2)17-34-28(38)21(3)35(18-22-10-6-4-7-11-22)27(37)19-36(41(39,40)24-12-8-5-9-13-24)23-14-15-26(30)25(16-23)29(31,32)33/h4-16,20-21H,17-19H2,1-3H3,(H,34,38)/t21-/m0/s1. The molecule has 0 aliphatic carbocycles. The van der Waals surface area contributed by atoms with Crippen LogP contribution in [0.5, 0.6) is 0 Å². The lowest BCUT2D eigenvalue weighted by Crippen LogP contribution is -2.51. The van der Waals surface area contributed by atoms with Crippen LogP contribution in [-0.4, -0.2) is 44.3 Å². The van der Waals surface area contributed by atoms with Crippen molar-refractivity contribution in [2.75, 3.05) is 17.4 Å². The van der Waals surface area contributed by atoms with Crippen LogP contribution in [0.25, 0.3) is 0 Å². The highest BCUT2D eigenvalue weighted by Crippen LogP contribution is 2.38. The van der Waals surface area contributed by atoms with Gasteiger partial charge in [0.15, 0.2) is 0 Å². The lowest BCUT2D eigenvalue weighted by atomic mass is 10.1. The van der Waals surface area contributed by atoms with Gasteiger partial charge in [-0.1, -0.05) is 74.0 Å². The van der Waals surface area contributed by atoms with Crippen molar-refractivity contribution in [1.29, 1.82) is 0 Å². The predicted octanol–water partition coefficient (Wildman–Crippen LogP) is 5.74. The molecule has 1 atom stereocenters. The maximum Gasteiger partial charge on any atom is 0.417 e. The summed E-state index contributed by atoms with van der Waals surface area (Å²) in [5.41, 5.74) is -0.983. The fourth-order valence-electron chi connectivity index (χ4n) is 3.95. The highest BCUT2D eigenvalue weighted by Gasteiger charge is 2.37. The average molecular weight is 610 g/mol. The molecule has 0 saturated carbocycles. The molecule has 0 radical (unpaired) electrons. The summed E-state index contributed by atoms with van der Waals surface area (Å²) in [5, 5.41) is 2.15. The minimum Gasteiger partial charge on any atom is -0.354 e. The first kappa shape index (κ1) is 32.0. The molecular weight excluding hydrogens is 579 g/mol. The van der Waals surface area contributed by atoms with E-state index in [1.807, 2.05) is 13.8 Å². The first-order valence-electron chi connectivity index (χ1n) is 12.8. The molecular formula is C29H31ClF3N3O4S. The number of anilines is 1. The van der Waals surface area contributed by atoms with E-state index in [-0.39, 0.29) is 17.4 Å². The highest BCUT2D eigenvalue weighted by molar-refractivity contribution is 7.92. The third-order valence-corrected chi connectivity index (χ3v) is 8.32. The van der Waals surface area contributed by atoms with Crippen molar-refractivity contribution in [3.05, 3.63) is 95.0 Å². The molecule has 7 nitrogen and oxygen atoms in total. The smallest absolute Gasteiger partial charge is 0.354 e. The maximum atomic E-state index is 13.8. The van der Waals surface area contributed by atoms with Crippen LogP contribution in [0, 0.1) is 5.92 Å². The number of nitrogens with zero attached hydrogens (tertiary/aromatic N) is 2. The summed E-state index contributed by atoms with van der Waals surface area (Å²) < 4.78 is 69.2. The summed E-state index contributed by atoms with van der Waals surface area (Å²) >= 11 is 5.78. The van der Waals surface area contributed by atoms with Gasteiger partial charge < -0.3 is 10.2 Å².